The zero-order valence-electron chi connectivity index (χ0n) is 9.48. The summed E-state index contributed by atoms with van der Waals surface area (Å²) in [6.45, 7) is 0.204. The number of carbonyl (C=O) groups is 1. The summed E-state index contributed by atoms with van der Waals surface area (Å²) < 4.78 is 36.6. The number of amides is 1. The third-order valence-electron chi connectivity index (χ3n) is 2.71. The van der Waals surface area contributed by atoms with E-state index in [1.54, 1.807) is 15.8 Å². The second kappa shape index (κ2) is 5.23. The Morgan fingerprint density at radius 1 is 1.33 bits per heavy atom. The van der Waals surface area contributed by atoms with E-state index in [1.165, 1.54) is 16.2 Å². The van der Waals surface area contributed by atoms with Crippen molar-refractivity contribution >= 4 is 17.2 Å². The monoisotopic (exact) mass is 279 g/mol. The molecule has 1 fully saturated rings. The van der Waals surface area contributed by atoms with Crippen molar-refractivity contribution in [1.82, 2.24) is 14.8 Å². The van der Waals surface area contributed by atoms with Crippen LogP contribution in [-0.4, -0.2) is 59.6 Å². The first kappa shape index (κ1) is 13.3. The molecule has 0 bridgehead atoms. The van der Waals surface area contributed by atoms with Crippen molar-refractivity contribution < 1.29 is 18.0 Å². The third-order valence-corrected chi connectivity index (χ3v) is 3.30. The standard InChI is InChI=1S/C10H12F3N3OS/c11-10(12,13)6-15-1-3-16(4-2-15)9(17)8-5-18-7-14-8/h5,7H,1-4,6H2. The van der Waals surface area contributed by atoms with Gasteiger partial charge < -0.3 is 4.90 Å². The van der Waals surface area contributed by atoms with Crippen LogP contribution in [0.1, 0.15) is 10.5 Å². The minimum absolute atomic E-state index is 0.206. The third kappa shape index (κ3) is 3.42. The second-order valence-corrected chi connectivity index (χ2v) is 4.78. The maximum atomic E-state index is 12.2. The van der Waals surface area contributed by atoms with E-state index >= 15 is 0 Å². The predicted octanol–water partition coefficient (Wildman–Crippen LogP) is 1.46. The van der Waals surface area contributed by atoms with Crippen molar-refractivity contribution in [2.24, 2.45) is 0 Å². The van der Waals surface area contributed by atoms with E-state index in [-0.39, 0.29) is 19.0 Å². The summed E-state index contributed by atoms with van der Waals surface area (Å²) in [5.74, 6) is -0.206. The van der Waals surface area contributed by atoms with Crippen LogP contribution in [0.4, 0.5) is 13.2 Å². The van der Waals surface area contributed by atoms with Gasteiger partial charge in [-0.15, -0.1) is 11.3 Å². The number of nitrogens with zero attached hydrogens (tertiary/aromatic N) is 3. The SMILES string of the molecule is O=C(c1cscn1)N1CCN(CC(F)(F)F)CC1. The molecule has 2 heterocycles. The minimum atomic E-state index is -4.18. The molecule has 100 valence electrons. The van der Waals surface area contributed by atoms with Crippen LogP contribution in [-0.2, 0) is 0 Å². The molecule has 2 rings (SSSR count). The summed E-state index contributed by atoms with van der Waals surface area (Å²) in [4.78, 5) is 18.6. The molecular weight excluding hydrogens is 267 g/mol. The second-order valence-electron chi connectivity index (χ2n) is 4.06. The molecule has 1 aromatic rings. The first-order valence-electron chi connectivity index (χ1n) is 5.42. The van der Waals surface area contributed by atoms with Gasteiger partial charge in [-0.3, -0.25) is 9.69 Å². The fourth-order valence-corrected chi connectivity index (χ4v) is 2.37. The quantitative estimate of drug-likeness (QED) is 0.822. The van der Waals surface area contributed by atoms with Gasteiger partial charge >= 0.3 is 6.18 Å². The molecule has 0 N–H and O–H groups in total. The molecule has 0 atom stereocenters. The van der Waals surface area contributed by atoms with Gasteiger partial charge in [-0.25, -0.2) is 4.98 Å². The smallest absolute Gasteiger partial charge is 0.335 e. The molecule has 1 aliphatic rings. The van der Waals surface area contributed by atoms with Crippen molar-refractivity contribution in [3.63, 3.8) is 0 Å². The summed E-state index contributed by atoms with van der Waals surface area (Å²) in [6.07, 6.45) is -4.18. The molecule has 1 saturated heterocycles. The van der Waals surface area contributed by atoms with Crippen LogP contribution in [0.25, 0.3) is 0 Å². The Balaban J connectivity index is 1.85. The molecule has 8 heteroatoms. The molecule has 1 amide bonds. The van der Waals surface area contributed by atoms with Crippen LogP contribution in [0, 0.1) is 0 Å². The van der Waals surface area contributed by atoms with Gasteiger partial charge in [-0.1, -0.05) is 0 Å². The number of aromatic nitrogens is 1. The largest absolute Gasteiger partial charge is 0.401 e. The van der Waals surface area contributed by atoms with Crippen molar-refractivity contribution in [2.45, 2.75) is 6.18 Å². The van der Waals surface area contributed by atoms with Gasteiger partial charge in [-0.05, 0) is 0 Å². The average Bonchev–Trinajstić information content (AvgIpc) is 2.80. The summed E-state index contributed by atoms with van der Waals surface area (Å²) in [6, 6.07) is 0. The van der Waals surface area contributed by atoms with Gasteiger partial charge in [-0.2, -0.15) is 13.2 Å². The first-order chi connectivity index (χ1) is 8.46. The molecular formula is C10H12F3N3OS. The molecule has 0 aliphatic carbocycles. The van der Waals surface area contributed by atoms with Crippen LogP contribution < -0.4 is 0 Å². The van der Waals surface area contributed by atoms with Gasteiger partial charge in [0.2, 0.25) is 0 Å². The van der Waals surface area contributed by atoms with Crippen LogP contribution in [0.2, 0.25) is 0 Å². The molecule has 0 saturated carbocycles. The summed E-state index contributed by atoms with van der Waals surface area (Å²) in [5, 5.41) is 1.64. The number of carbonyl (C=O) groups excluding carboxylic acids is 1. The number of rotatable bonds is 2. The Bertz CT molecular complexity index is 399. The van der Waals surface area contributed by atoms with Crippen LogP contribution in [0.3, 0.4) is 0 Å². The van der Waals surface area contributed by atoms with E-state index in [1.807, 2.05) is 0 Å². The number of halogens is 3. The highest BCUT2D eigenvalue weighted by Gasteiger charge is 2.33. The van der Waals surface area contributed by atoms with Crippen molar-refractivity contribution in [3.8, 4) is 0 Å². The van der Waals surface area contributed by atoms with E-state index in [4.69, 9.17) is 0 Å². The van der Waals surface area contributed by atoms with Gasteiger partial charge in [0.15, 0.2) is 0 Å². The van der Waals surface area contributed by atoms with Gasteiger partial charge in [0.05, 0.1) is 12.1 Å². The van der Waals surface area contributed by atoms with Crippen LogP contribution in [0.5, 0.6) is 0 Å². The molecule has 4 nitrogen and oxygen atoms in total. The van der Waals surface area contributed by atoms with E-state index in [2.05, 4.69) is 4.98 Å². The number of hydrogen-bond donors (Lipinski definition) is 0. The number of piperazine rings is 1. The Kier molecular flexibility index (Phi) is 3.86. The van der Waals surface area contributed by atoms with Gasteiger partial charge in [0, 0.05) is 31.6 Å². The van der Waals surface area contributed by atoms with Crippen molar-refractivity contribution in [1.29, 1.82) is 0 Å². The van der Waals surface area contributed by atoms with Crippen LogP contribution in [0.15, 0.2) is 10.9 Å². The highest BCUT2D eigenvalue weighted by atomic mass is 32.1. The Labute approximate surface area is 106 Å². The summed E-state index contributed by atoms with van der Waals surface area (Å²) >= 11 is 1.32. The maximum absolute atomic E-state index is 12.2. The lowest BCUT2D eigenvalue weighted by Crippen LogP contribution is -2.50. The summed E-state index contributed by atoms with van der Waals surface area (Å²) in [7, 11) is 0. The maximum Gasteiger partial charge on any atom is 0.401 e. The highest BCUT2D eigenvalue weighted by molar-refractivity contribution is 7.07. The average molecular weight is 279 g/mol. The topological polar surface area (TPSA) is 36.4 Å². The normalized spacial score (nSPS) is 18.1. The molecule has 0 unspecified atom stereocenters. The fraction of sp³-hybridized carbons (Fsp3) is 0.600. The molecule has 0 aromatic carbocycles. The number of hydrogen-bond acceptors (Lipinski definition) is 4. The Morgan fingerprint density at radius 3 is 2.50 bits per heavy atom. The molecule has 1 aliphatic heterocycles. The predicted molar refractivity (Wildman–Crippen MR) is 60.5 cm³/mol. The summed E-state index contributed by atoms with van der Waals surface area (Å²) in [5.41, 5.74) is 1.93. The lowest BCUT2D eigenvalue weighted by atomic mass is 10.3. The number of thiazole rings is 1. The first-order valence-corrected chi connectivity index (χ1v) is 6.36. The number of alkyl halides is 3. The lowest BCUT2D eigenvalue weighted by molar-refractivity contribution is -0.148. The fourth-order valence-electron chi connectivity index (χ4n) is 1.84. The Morgan fingerprint density at radius 2 is 2.00 bits per heavy atom. The zero-order valence-corrected chi connectivity index (χ0v) is 10.3. The Hall–Kier alpha value is -1.15. The molecule has 0 radical (unpaired) electrons. The zero-order chi connectivity index (χ0) is 13.2. The lowest BCUT2D eigenvalue weighted by Gasteiger charge is -2.34. The molecule has 1 aromatic heterocycles. The minimum Gasteiger partial charge on any atom is -0.335 e. The van der Waals surface area contributed by atoms with E-state index in [9.17, 15) is 18.0 Å². The van der Waals surface area contributed by atoms with E-state index in [0.29, 0.717) is 18.8 Å². The molecule has 0 spiro atoms. The van der Waals surface area contributed by atoms with Gasteiger partial charge in [0.25, 0.3) is 5.91 Å². The van der Waals surface area contributed by atoms with Crippen molar-refractivity contribution in [2.75, 3.05) is 32.7 Å². The van der Waals surface area contributed by atoms with Crippen LogP contribution >= 0.6 is 11.3 Å². The van der Waals surface area contributed by atoms with E-state index in [0.717, 1.165) is 0 Å². The van der Waals surface area contributed by atoms with E-state index < -0.39 is 12.7 Å². The van der Waals surface area contributed by atoms with Crippen molar-refractivity contribution in [3.05, 3.63) is 16.6 Å². The molecule has 18 heavy (non-hydrogen) atoms. The highest BCUT2D eigenvalue weighted by Crippen LogP contribution is 2.18. The van der Waals surface area contributed by atoms with Gasteiger partial charge in [0.1, 0.15) is 5.69 Å².